The van der Waals surface area contributed by atoms with Crippen LogP contribution in [0.1, 0.15) is 12.0 Å². The fraction of sp³-hybridized carbons (Fsp3) is 0.467. The second-order valence-corrected chi connectivity index (χ2v) is 5.52. The first kappa shape index (κ1) is 16.8. The second-order valence-electron chi connectivity index (χ2n) is 5.11. The van der Waals surface area contributed by atoms with Gasteiger partial charge in [-0.05, 0) is 18.3 Å². The van der Waals surface area contributed by atoms with Gasteiger partial charge in [0.2, 0.25) is 0 Å². The summed E-state index contributed by atoms with van der Waals surface area (Å²) in [6.07, 6.45) is 2.45. The van der Waals surface area contributed by atoms with Gasteiger partial charge in [-0.3, -0.25) is 5.43 Å². The number of hydrogen-bond donors (Lipinski definition) is 3. The number of quaternary nitrogens is 1. The van der Waals surface area contributed by atoms with Crippen LogP contribution in [-0.4, -0.2) is 50.7 Å². The lowest BCUT2D eigenvalue weighted by Gasteiger charge is -2.23. The lowest BCUT2D eigenvalue weighted by atomic mass is 10.2. The van der Waals surface area contributed by atoms with Crippen molar-refractivity contribution < 1.29 is 14.0 Å². The molecular formula is C15H22FN4OS+. The smallest absolute Gasteiger partial charge is 0.186 e. The number of thiocarbonyl (C=S) groups is 1. The number of morpholine rings is 1. The van der Waals surface area contributed by atoms with Crippen LogP contribution in [0, 0.1) is 5.82 Å². The first-order chi connectivity index (χ1) is 10.8. The number of hydrazone groups is 1. The van der Waals surface area contributed by atoms with Gasteiger partial charge in [0, 0.05) is 18.5 Å². The van der Waals surface area contributed by atoms with E-state index in [2.05, 4.69) is 15.8 Å². The summed E-state index contributed by atoms with van der Waals surface area (Å²) in [5.74, 6) is -0.305. The summed E-state index contributed by atoms with van der Waals surface area (Å²) in [5, 5.41) is 7.47. The highest BCUT2D eigenvalue weighted by atomic mass is 32.1. The van der Waals surface area contributed by atoms with Gasteiger partial charge in [-0.25, -0.2) is 4.39 Å². The van der Waals surface area contributed by atoms with E-state index in [-0.39, 0.29) is 5.82 Å². The molecule has 1 heterocycles. The van der Waals surface area contributed by atoms with E-state index in [4.69, 9.17) is 17.0 Å². The van der Waals surface area contributed by atoms with Crippen molar-refractivity contribution in [3.63, 3.8) is 0 Å². The van der Waals surface area contributed by atoms with Crippen molar-refractivity contribution in [2.45, 2.75) is 6.42 Å². The Bertz CT molecular complexity index is 506. The second kappa shape index (κ2) is 9.45. The predicted molar refractivity (Wildman–Crippen MR) is 88.7 cm³/mol. The number of nitrogens with zero attached hydrogens (tertiary/aromatic N) is 1. The highest BCUT2D eigenvalue weighted by Gasteiger charge is 2.12. The molecule has 1 aliphatic rings. The topological polar surface area (TPSA) is 50.1 Å². The van der Waals surface area contributed by atoms with Crippen molar-refractivity contribution in [3.05, 3.63) is 35.6 Å². The molecule has 0 aromatic heterocycles. The van der Waals surface area contributed by atoms with E-state index in [0.717, 1.165) is 45.8 Å². The Balaban J connectivity index is 1.58. The van der Waals surface area contributed by atoms with E-state index >= 15 is 0 Å². The maximum Gasteiger partial charge on any atom is 0.186 e. The highest BCUT2D eigenvalue weighted by Crippen LogP contribution is 2.02. The van der Waals surface area contributed by atoms with Crippen molar-refractivity contribution in [1.29, 1.82) is 0 Å². The number of halogens is 1. The van der Waals surface area contributed by atoms with E-state index in [9.17, 15) is 4.39 Å². The lowest BCUT2D eigenvalue weighted by molar-refractivity contribution is -0.908. The number of benzene rings is 1. The van der Waals surface area contributed by atoms with E-state index < -0.39 is 0 Å². The molecule has 22 heavy (non-hydrogen) atoms. The normalized spacial score (nSPS) is 15.9. The summed E-state index contributed by atoms with van der Waals surface area (Å²) in [7, 11) is 0. The van der Waals surface area contributed by atoms with Crippen LogP contribution in [0.15, 0.2) is 29.4 Å². The molecule has 0 bridgehead atoms. The molecule has 0 atom stereocenters. The summed E-state index contributed by atoms with van der Waals surface area (Å²) in [6.45, 7) is 5.77. The first-order valence-corrected chi connectivity index (χ1v) is 7.89. The number of rotatable bonds is 6. The molecule has 5 nitrogen and oxygen atoms in total. The van der Waals surface area contributed by atoms with Crippen molar-refractivity contribution >= 4 is 23.5 Å². The zero-order valence-corrected chi connectivity index (χ0v) is 13.3. The summed E-state index contributed by atoms with van der Waals surface area (Å²) in [5.41, 5.74) is 3.12. The van der Waals surface area contributed by atoms with Gasteiger partial charge in [0.1, 0.15) is 18.9 Å². The van der Waals surface area contributed by atoms with Gasteiger partial charge >= 0.3 is 0 Å². The molecular weight excluding hydrogens is 303 g/mol. The van der Waals surface area contributed by atoms with Crippen LogP contribution in [0.4, 0.5) is 4.39 Å². The third-order valence-corrected chi connectivity index (χ3v) is 3.70. The minimum absolute atomic E-state index is 0.305. The van der Waals surface area contributed by atoms with Crippen LogP contribution in [0.5, 0.6) is 0 Å². The molecule has 1 aliphatic heterocycles. The van der Waals surface area contributed by atoms with Crippen LogP contribution >= 0.6 is 12.2 Å². The van der Waals surface area contributed by atoms with Crippen LogP contribution in [-0.2, 0) is 4.74 Å². The Morgan fingerprint density at radius 3 is 2.91 bits per heavy atom. The van der Waals surface area contributed by atoms with Gasteiger partial charge in [-0.15, -0.1) is 0 Å². The molecule has 120 valence electrons. The van der Waals surface area contributed by atoms with E-state index in [1.165, 1.54) is 12.3 Å². The van der Waals surface area contributed by atoms with Crippen molar-refractivity contribution in [3.8, 4) is 0 Å². The van der Waals surface area contributed by atoms with Crippen molar-refractivity contribution in [1.82, 2.24) is 10.7 Å². The fourth-order valence-electron chi connectivity index (χ4n) is 2.23. The Morgan fingerprint density at radius 1 is 1.36 bits per heavy atom. The third-order valence-electron chi connectivity index (χ3n) is 3.47. The van der Waals surface area contributed by atoms with Crippen LogP contribution in [0.2, 0.25) is 0 Å². The summed E-state index contributed by atoms with van der Waals surface area (Å²) in [4.78, 5) is 1.57. The number of hydrogen-bond acceptors (Lipinski definition) is 3. The molecule has 0 unspecified atom stereocenters. The van der Waals surface area contributed by atoms with Crippen molar-refractivity contribution in [2.24, 2.45) is 5.10 Å². The Hall–Kier alpha value is -1.57. The molecule has 0 aliphatic carbocycles. The minimum atomic E-state index is -0.305. The van der Waals surface area contributed by atoms with Gasteiger partial charge in [0.25, 0.3) is 0 Å². The molecule has 1 aromatic carbocycles. The molecule has 3 N–H and O–H groups in total. The molecule has 7 heteroatoms. The molecule has 1 fully saturated rings. The third kappa shape index (κ3) is 6.05. The number of nitrogens with one attached hydrogen (secondary N) is 3. The molecule has 0 amide bonds. The monoisotopic (exact) mass is 325 g/mol. The zero-order chi connectivity index (χ0) is 15.6. The van der Waals surface area contributed by atoms with Gasteiger partial charge in [0.15, 0.2) is 5.11 Å². The summed E-state index contributed by atoms with van der Waals surface area (Å²) < 4.78 is 18.7. The van der Waals surface area contributed by atoms with Crippen molar-refractivity contribution in [2.75, 3.05) is 39.4 Å². The van der Waals surface area contributed by atoms with Crippen LogP contribution in [0.25, 0.3) is 0 Å². The lowest BCUT2D eigenvalue weighted by Crippen LogP contribution is -3.14. The maximum absolute atomic E-state index is 13.4. The largest absolute Gasteiger partial charge is 0.370 e. The van der Waals surface area contributed by atoms with Crippen LogP contribution < -0.4 is 15.6 Å². The molecule has 0 spiro atoms. The van der Waals surface area contributed by atoms with Crippen LogP contribution in [0.3, 0.4) is 0 Å². The molecule has 1 aromatic rings. The first-order valence-electron chi connectivity index (χ1n) is 7.48. The molecule has 1 saturated heterocycles. The SMILES string of the molecule is Fc1ccccc1/C=N\NC(=S)NCCC[NH+]1CCOCC1. The quantitative estimate of drug-likeness (QED) is 0.297. The minimum Gasteiger partial charge on any atom is -0.370 e. The zero-order valence-electron chi connectivity index (χ0n) is 12.5. The standard InChI is InChI=1S/C15H21FN4OS/c16-14-5-2-1-4-13(14)12-18-19-15(22)17-6-3-7-20-8-10-21-11-9-20/h1-2,4-5,12H,3,6-11H2,(H2,17,19,22)/p+1/b18-12-. The van der Waals surface area contributed by atoms with Gasteiger partial charge in [0.05, 0.1) is 26.0 Å². The Morgan fingerprint density at radius 2 is 2.14 bits per heavy atom. The van der Waals surface area contributed by atoms with E-state index in [1.54, 1.807) is 23.1 Å². The fourth-order valence-corrected chi connectivity index (χ4v) is 2.38. The number of ether oxygens (including phenoxy) is 1. The Kier molecular flexibility index (Phi) is 7.21. The van der Waals surface area contributed by atoms with Gasteiger partial charge < -0.3 is 15.0 Å². The average Bonchev–Trinajstić information content (AvgIpc) is 2.54. The molecule has 0 radical (unpaired) electrons. The maximum atomic E-state index is 13.4. The average molecular weight is 325 g/mol. The summed E-state index contributed by atoms with van der Waals surface area (Å²) in [6, 6.07) is 6.45. The summed E-state index contributed by atoms with van der Waals surface area (Å²) >= 11 is 5.12. The predicted octanol–water partition coefficient (Wildman–Crippen LogP) is -0.0711. The van der Waals surface area contributed by atoms with Gasteiger partial charge in [-0.1, -0.05) is 18.2 Å². The van der Waals surface area contributed by atoms with Gasteiger partial charge in [-0.2, -0.15) is 5.10 Å². The Labute approximate surface area is 135 Å². The van der Waals surface area contributed by atoms with E-state index in [0.29, 0.717) is 10.7 Å². The molecule has 0 saturated carbocycles. The molecule has 2 rings (SSSR count). The highest BCUT2D eigenvalue weighted by molar-refractivity contribution is 7.80. The van der Waals surface area contributed by atoms with E-state index in [1.807, 2.05) is 0 Å².